The predicted octanol–water partition coefficient (Wildman–Crippen LogP) is 2.15. The van der Waals surface area contributed by atoms with Crippen LogP contribution in [0.3, 0.4) is 0 Å². The van der Waals surface area contributed by atoms with Crippen LogP contribution in [0.25, 0.3) is 0 Å². The number of pyridine rings is 1. The minimum Gasteiger partial charge on any atom is -0.497 e. The van der Waals surface area contributed by atoms with Crippen LogP contribution in [0.15, 0.2) is 48.7 Å². The Kier molecular flexibility index (Phi) is 6.42. The molecule has 1 aromatic carbocycles. The van der Waals surface area contributed by atoms with Crippen LogP contribution in [-0.4, -0.2) is 53.5 Å². The zero-order valence-electron chi connectivity index (χ0n) is 13.2. The largest absolute Gasteiger partial charge is 0.497 e. The van der Waals surface area contributed by atoms with Crippen LogP contribution in [0, 0.1) is 0 Å². The summed E-state index contributed by atoms with van der Waals surface area (Å²) in [5.41, 5.74) is 1.24. The van der Waals surface area contributed by atoms with Crippen molar-refractivity contribution in [1.29, 1.82) is 0 Å². The van der Waals surface area contributed by atoms with Gasteiger partial charge in [0.25, 0.3) is 0 Å². The second-order valence-electron chi connectivity index (χ2n) is 5.20. The normalized spacial score (nSPS) is 10.7. The van der Waals surface area contributed by atoms with Gasteiger partial charge in [0.2, 0.25) is 0 Å². The van der Waals surface area contributed by atoms with Gasteiger partial charge in [-0.3, -0.25) is 0 Å². The molecular formula is C17H22N3OSi. The molecule has 2 rings (SSSR count). The van der Waals surface area contributed by atoms with Gasteiger partial charge in [0, 0.05) is 36.1 Å². The summed E-state index contributed by atoms with van der Waals surface area (Å²) in [6, 6.07) is 14.2. The average Bonchev–Trinajstić information content (AvgIpc) is 2.59. The minimum atomic E-state index is 0.830. The van der Waals surface area contributed by atoms with Crippen LogP contribution < -0.4 is 9.64 Å². The van der Waals surface area contributed by atoms with E-state index in [1.165, 1.54) is 5.56 Å². The van der Waals surface area contributed by atoms with E-state index >= 15 is 0 Å². The van der Waals surface area contributed by atoms with E-state index in [1.807, 2.05) is 30.5 Å². The lowest BCUT2D eigenvalue weighted by atomic mass is 10.2. The van der Waals surface area contributed by atoms with E-state index < -0.39 is 0 Å². The SMILES string of the molecule is COc1ccc(CN(CCN(C)C[Si])c2ccccn2)cc1. The fourth-order valence-corrected chi connectivity index (χ4v) is 2.30. The molecule has 0 spiro atoms. The Labute approximate surface area is 136 Å². The van der Waals surface area contributed by atoms with Crippen LogP contribution >= 0.6 is 0 Å². The van der Waals surface area contributed by atoms with Crippen LogP contribution in [0.5, 0.6) is 5.75 Å². The van der Waals surface area contributed by atoms with Crippen molar-refractivity contribution in [1.82, 2.24) is 9.88 Å². The number of aromatic nitrogens is 1. The zero-order chi connectivity index (χ0) is 15.8. The molecule has 3 radical (unpaired) electrons. The molecule has 0 aliphatic carbocycles. The number of ether oxygens (including phenoxy) is 1. The van der Waals surface area contributed by atoms with Gasteiger partial charge in [0.1, 0.15) is 11.6 Å². The second-order valence-corrected chi connectivity index (χ2v) is 5.51. The molecule has 0 bridgehead atoms. The number of rotatable bonds is 8. The molecule has 4 nitrogen and oxygen atoms in total. The minimum absolute atomic E-state index is 0.830. The van der Waals surface area contributed by atoms with Gasteiger partial charge in [-0.15, -0.1) is 0 Å². The van der Waals surface area contributed by atoms with Crippen molar-refractivity contribution >= 4 is 16.1 Å². The lowest BCUT2D eigenvalue weighted by molar-refractivity contribution is 0.392. The van der Waals surface area contributed by atoms with Crippen molar-refractivity contribution in [3.63, 3.8) is 0 Å². The standard InChI is InChI=1S/C17H22N3OSi/c1-19(14-22)11-12-20(17-5-3-4-10-18-17)13-15-6-8-16(21-2)9-7-15/h3-10H,11-14H2,1-2H3. The van der Waals surface area contributed by atoms with Gasteiger partial charge in [-0.2, -0.15) is 0 Å². The number of hydrogen-bond acceptors (Lipinski definition) is 4. The Hall–Kier alpha value is -1.85. The topological polar surface area (TPSA) is 28.6 Å². The molecule has 1 aromatic heterocycles. The highest BCUT2D eigenvalue weighted by atomic mass is 28.1. The van der Waals surface area contributed by atoms with E-state index in [-0.39, 0.29) is 0 Å². The highest BCUT2D eigenvalue weighted by Gasteiger charge is 2.09. The molecular weight excluding hydrogens is 290 g/mol. The number of likely N-dealkylation sites (N-methyl/N-ethyl adjacent to an activating group) is 1. The maximum absolute atomic E-state index is 5.21. The van der Waals surface area contributed by atoms with Crippen LogP contribution in [0.1, 0.15) is 5.56 Å². The molecule has 0 N–H and O–H groups in total. The van der Waals surface area contributed by atoms with Gasteiger partial charge in [-0.1, -0.05) is 18.2 Å². The summed E-state index contributed by atoms with van der Waals surface area (Å²) in [6.45, 7) is 2.72. The summed E-state index contributed by atoms with van der Waals surface area (Å²) >= 11 is 0. The van der Waals surface area contributed by atoms with E-state index in [0.717, 1.165) is 37.4 Å². The number of methoxy groups -OCH3 is 1. The van der Waals surface area contributed by atoms with E-state index in [9.17, 15) is 0 Å². The Morgan fingerprint density at radius 2 is 1.86 bits per heavy atom. The Balaban J connectivity index is 2.09. The number of nitrogens with zero attached hydrogens (tertiary/aromatic N) is 3. The maximum atomic E-state index is 5.21. The molecule has 0 amide bonds. The highest BCUT2D eigenvalue weighted by Crippen LogP contribution is 2.16. The molecule has 0 atom stereocenters. The third-order valence-electron chi connectivity index (χ3n) is 3.53. The van der Waals surface area contributed by atoms with Crippen molar-refractivity contribution in [3.8, 4) is 5.75 Å². The lowest BCUT2D eigenvalue weighted by Gasteiger charge is -2.26. The van der Waals surface area contributed by atoms with Gasteiger partial charge in [0.15, 0.2) is 0 Å². The molecule has 2 aromatic rings. The average molecular weight is 312 g/mol. The molecule has 0 unspecified atom stereocenters. The lowest BCUT2D eigenvalue weighted by Crippen LogP contribution is -2.34. The summed E-state index contributed by atoms with van der Waals surface area (Å²) in [5.74, 6) is 1.88. The molecule has 115 valence electrons. The van der Waals surface area contributed by atoms with Crippen molar-refractivity contribution in [3.05, 3.63) is 54.2 Å². The first kappa shape index (κ1) is 16.5. The highest BCUT2D eigenvalue weighted by molar-refractivity contribution is 6.08. The van der Waals surface area contributed by atoms with E-state index in [2.05, 4.69) is 50.3 Å². The summed E-state index contributed by atoms with van der Waals surface area (Å²) in [7, 11) is 7.31. The van der Waals surface area contributed by atoms with Crippen LogP contribution in [-0.2, 0) is 6.54 Å². The Bertz CT molecular complexity index is 548. The van der Waals surface area contributed by atoms with Crippen molar-refractivity contribution in [2.45, 2.75) is 6.54 Å². The Morgan fingerprint density at radius 3 is 2.45 bits per heavy atom. The smallest absolute Gasteiger partial charge is 0.128 e. The molecule has 5 heteroatoms. The van der Waals surface area contributed by atoms with E-state index in [1.54, 1.807) is 7.11 Å². The van der Waals surface area contributed by atoms with Gasteiger partial charge in [-0.05, 0) is 43.0 Å². The third kappa shape index (κ3) is 4.86. The molecule has 0 aliphatic rings. The van der Waals surface area contributed by atoms with Crippen LogP contribution in [0.4, 0.5) is 5.82 Å². The summed E-state index contributed by atoms with van der Waals surface area (Å²) in [4.78, 5) is 9.00. The first-order valence-electron chi connectivity index (χ1n) is 7.35. The molecule has 0 saturated carbocycles. The van der Waals surface area contributed by atoms with Crippen molar-refractivity contribution < 1.29 is 4.74 Å². The Morgan fingerprint density at radius 1 is 1.09 bits per heavy atom. The van der Waals surface area contributed by atoms with Crippen LogP contribution in [0.2, 0.25) is 0 Å². The van der Waals surface area contributed by atoms with Gasteiger partial charge >= 0.3 is 0 Å². The van der Waals surface area contributed by atoms with E-state index in [4.69, 9.17) is 4.74 Å². The fourth-order valence-electron chi connectivity index (χ4n) is 2.14. The number of hydrogen-bond donors (Lipinski definition) is 0. The zero-order valence-corrected chi connectivity index (χ0v) is 14.2. The first-order chi connectivity index (χ1) is 10.7. The fraction of sp³-hybridized carbons (Fsp3) is 0.353. The quantitative estimate of drug-likeness (QED) is 0.699. The molecule has 0 saturated heterocycles. The summed E-state index contributed by atoms with van der Waals surface area (Å²) in [6.07, 6.45) is 2.70. The predicted molar refractivity (Wildman–Crippen MR) is 91.5 cm³/mol. The summed E-state index contributed by atoms with van der Waals surface area (Å²) in [5, 5.41) is 0. The van der Waals surface area contributed by atoms with Crippen molar-refractivity contribution in [2.75, 3.05) is 38.3 Å². The third-order valence-corrected chi connectivity index (χ3v) is 4.07. The molecule has 22 heavy (non-hydrogen) atoms. The van der Waals surface area contributed by atoms with E-state index in [0.29, 0.717) is 0 Å². The summed E-state index contributed by atoms with van der Waals surface area (Å²) < 4.78 is 5.21. The molecule has 1 heterocycles. The van der Waals surface area contributed by atoms with Gasteiger partial charge < -0.3 is 14.5 Å². The second kappa shape index (κ2) is 8.56. The van der Waals surface area contributed by atoms with Gasteiger partial charge in [0.05, 0.1) is 7.11 Å². The van der Waals surface area contributed by atoms with Gasteiger partial charge in [-0.25, -0.2) is 4.98 Å². The molecule has 0 aliphatic heterocycles. The molecule has 0 fully saturated rings. The monoisotopic (exact) mass is 312 g/mol. The maximum Gasteiger partial charge on any atom is 0.128 e. The number of benzene rings is 1. The number of anilines is 1. The van der Waals surface area contributed by atoms with Crippen molar-refractivity contribution in [2.24, 2.45) is 0 Å². The first-order valence-corrected chi connectivity index (χ1v) is 8.05.